The number of carbonyl (C=O) groups excluding carboxylic acids is 3. The monoisotopic (exact) mass is 540 g/mol. The van der Waals surface area contributed by atoms with Gasteiger partial charge < -0.3 is 21.1 Å². The maximum absolute atomic E-state index is 13.1. The van der Waals surface area contributed by atoms with Gasteiger partial charge in [0.25, 0.3) is 0 Å². The van der Waals surface area contributed by atoms with E-state index < -0.39 is 41.4 Å². The van der Waals surface area contributed by atoms with Crippen molar-refractivity contribution in [2.24, 2.45) is 11.7 Å². The topological polar surface area (TPSA) is 111 Å². The number of hydrogen-bond acceptors (Lipinski definition) is 4. The first-order chi connectivity index (χ1) is 18.5. The Kier molecular flexibility index (Phi) is 10.1. The van der Waals surface area contributed by atoms with Crippen LogP contribution in [0.15, 0.2) is 78.9 Å². The van der Waals surface area contributed by atoms with Gasteiger partial charge in [0.1, 0.15) is 18.4 Å². The van der Waals surface area contributed by atoms with Crippen LogP contribution in [0.1, 0.15) is 30.0 Å². The van der Waals surface area contributed by atoms with Crippen LogP contribution in [0.25, 0.3) is 0 Å². The van der Waals surface area contributed by atoms with Gasteiger partial charge in [-0.05, 0) is 47.9 Å². The van der Waals surface area contributed by atoms with Gasteiger partial charge in [0, 0.05) is 18.0 Å². The van der Waals surface area contributed by atoms with E-state index in [1.807, 2.05) is 30.3 Å². The van der Waals surface area contributed by atoms with Gasteiger partial charge in [0.2, 0.25) is 17.7 Å². The lowest BCUT2D eigenvalue weighted by Gasteiger charge is -2.20. The Morgan fingerprint density at radius 3 is 2.28 bits per heavy atom. The van der Waals surface area contributed by atoms with E-state index >= 15 is 0 Å². The van der Waals surface area contributed by atoms with Gasteiger partial charge in [-0.15, -0.1) is 0 Å². The molecule has 0 saturated heterocycles. The van der Waals surface area contributed by atoms with Gasteiger partial charge in [0.05, 0.1) is 12.0 Å². The molecule has 0 bridgehead atoms. The molecule has 0 fully saturated rings. The molecule has 3 amide bonds. The van der Waals surface area contributed by atoms with E-state index in [0.29, 0.717) is 17.9 Å². The molecule has 0 saturated carbocycles. The van der Waals surface area contributed by atoms with Crippen LogP contribution >= 0.6 is 0 Å². The highest BCUT2D eigenvalue weighted by Gasteiger charge is 2.31. The maximum Gasteiger partial charge on any atom is 0.416 e. The number of rotatable bonds is 12. The third kappa shape index (κ3) is 9.48. The van der Waals surface area contributed by atoms with Crippen LogP contribution in [-0.4, -0.2) is 23.8 Å². The molecule has 3 rings (SSSR count). The van der Waals surface area contributed by atoms with Crippen molar-refractivity contribution in [2.45, 2.75) is 38.6 Å². The molecule has 0 heterocycles. The van der Waals surface area contributed by atoms with Crippen LogP contribution in [0.2, 0.25) is 0 Å². The van der Waals surface area contributed by atoms with Gasteiger partial charge in [-0.3, -0.25) is 14.4 Å². The third-order valence-corrected chi connectivity index (χ3v) is 5.84. The second kappa shape index (κ2) is 13.5. The molecule has 0 aliphatic heterocycles. The molecule has 0 spiro atoms. The van der Waals surface area contributed by atoms with Crippen molar-refractivity contribution >= 4 is 23.4 Å². The van der Waals surface area contributed by atoms with Crippen molar-refractivity contribution in [3.63, 3.8) is 0 Å². The van der Waals surface area contributed by atoms with Crippen LogP contribution in [-0.2, 0) is 33.6 Å². The Labute approximate surface area is 224 Å². The number of alkyl halides is 3. The molecule has 7 nitrogen and oxygen atoms in total. The first-order valence-electron chi connectivity index (χ1n) is 12.2. The van der Waals surface area contributed by atoms with Gasteiger partial charge in [0.15, 0.2) is 0 Å². The molecule has 2 atom stereocenters. The minimum absolute atomic E-state index is 0.0503. The lowest BCUT2D eigenvalue weighted by atomic mass is 10.0. The average molecular weight is 541 g/mol. The third-order valence-electron chi connectivity index (χ3n) is 5.84. The smallest absolute Gasteiger partial charge is 0.416 e. The number of anilines is 1. The summed E-state index contributed by atoms with van der Waals surface area (Å²) < 4.78 is 45.1. The summed E-state index contributed by atoms with van der Waals surface area (Å²) in [6.45, 7) is 1.93. The summed E-state index contributed by atoms with van der Waals surface area (Å²) >= 11 is 0. The van der Waals surface area contributed by atoms with Gasteiger partial charge in [-0.1, -0.05) is 55.5 Å². The average Bonchev–Trinajstić information content (AvgIpc) is 2.91. The van der Waals surface area contributed by atoms with Crippen molar-refractivity contribution in [1.29, 1.82) is 0 Å². The second-order valence-corrected chi connectivity index (χ2v) is 8.99. The predicted molar refractivity (Wildman–Crippen MR) is 140 cm³/mol. The van der Waals surface area contributed by atoms with E-state index in [1.54, 1.807) is 31.2 Å². The van der Waals surface area contributed by atoms with Crippen molar-refractivity contribution < 1.29 is 32.3 Å². The lowest BCUT2D eigenvalue weighted by molar-refractivity contribution is -0.137. The number of hydrogen-bond donors (Lipinski definition) is 3. The number of benzene rings is 3. The molecule has 39 heavy (non-hydrogen) atoms. The summed E-state index contributed by atoms with van der Waals surface area (Å²) in [4.78, 5) is 36.8. The quantitative estimate of drug-likeness (QED) is 0.310. The minimum atomic E-state index is -4.58. The maximum atomic E-state index is 13.1. The number of carbonyl (C=O) groups is 3. The molecular formula is C29H29F3N3O4. The Balaban J connectivity index is 1.70. The summed E-state index contributed by atoms with van der Waals surface area (Å²) in [5.74, 6) is -1.88. The summed E-state index contributed by atoms with van der Waals surface area (Å²) in [5.41, 5.74) is 5.92. The van der Waals surface area contributed by atoms with Gasteiger partial charge in [-0.25, -0.2) is 0 Å². The molecule has 10 heteroatoms. The molecule has 0 aliphatic rings. The van der Waals surface area contributed by atoms with Crippen LogP contribution < -0.4 is 21.1 Å². The van der Waals surface area contributed by atoms with E-state index in [9.17, 15) is 27.6 Å². The highest BCUT2D eigenvalue weighted by atomic mass is 19.4. The zero-order valence-electron chi connectivity index (χ0n) is 21.2. The van der Waals surface area contributed by atoms with E-state index in [4.69, 9.17) is 10.5 Å². The van der Waals surface area contributed by atoms with Crippen molar-refractivity contribution in [1.82, 2.24) is 5.32 Å². The zero-order valence-corrected chi connectivity index (χ0v) is 21.2. The van der Waals surface area contributed by atoms with Crippen LogP contribution in [0.5, 0.6) is 5.75 Å². The molecule has 0 aromatic heterocycles. The number of primary amides is 1. The fourth-order valence-corrected chi connectivity index (χ4v) is 3.54. The first-order valence-corrected chi connectivity index (χ1v) is 12.2. The van der Waals surface area contributed by atoms with E-state index in [-0.39, 0.29) is 18.5 Å². The molecule has 3 aromatic carbocycles. The molecular weight excluding hydrogens is 511 g/mol. The van der Waals surface area contributed by atoms with Crippen molar-refractivity contribution in [3.8, 4) is 5.75 Å². The fraction of sp³-hybridized carbons (Fsp3) is 0.241. The summed E-state index contributed by atoms with van der Waals surface area (Å²) in [6.07, 6.45) is -3.25. The summed E-state index contributed by atoms with van der Waals surface area (Å²) in [6, 6.07) is 19.6. The Bertz CT molecular complexity index is 1260. The largest absolute Gasteiger partial charge is 0.489 e. The summed E-state index contributed by atoms with van der Waals surface area (Å²) in [7, 11) is 0. The SMILES string of the molecule is CC(C[CH]C(=O)NC(Cc1ccc(OCc2ccccc2)cc1)C(=O)Nc1cccc(C(F)(F)F)c1)C(N)=O. The Morgan fingerprint density at radius 1 is 0.949 bits per heavy atom. The molecule has 0 aliphatic carbocycles. The molecule has 205 valence electrons. The number of amides is 3. The zero-order chi connectivity index (χ0) is 28.4. The first kappa shape index (κ1) is 29.2. The lowest BCUT2D eigenvalue weighted by Crippen LogP contribution is -2.45. The molecule has 4 N–H and O–H groups in total. The van der Waals surface area contributed by atoms with E-state index in [0.717, 1.165) is 17.7 Å². The van der Waals surface area contributed by atoms with Crippen LogP contribution in [0, 0.1) is 12.3 Å². The second-order valence-electron chi connectivity index (χ2n) is 8.99. The molecule has 1 radical (unpaired) electrons. The van der Waals surface area contributed by atoms with Crippen LogP contribution in [0.3, 0.4) is 0 Å². The normalized spacial score (nSPS) is 12.7. The highest BCUT2D eigenvalue weighted by molar-refractivity contribution is 5.98. The Morgan fingerprint density at radius 2 is 1.64 bits per heavy atom. The molecule has 3 aromatic rings. The minimum Gasteiger partial charge on any atom is -0.489 e. The molecule has 2 unspecified atom stereocenters. The van der Waals surface area contributed by atoms with Crippen LogP contribution in [0.4, 0.5) is 18.9 Å². The van der Waals surface area contributed by atoms with E-state index in [1.165, 1.54) is 18.6 Å². The highest BCUT2D eigenvalue weighted by Crippen LogP contribution is 2.30. The number of nitrogens with two attached hydrogens (primary N) is 1. The van der Waals surface area contributed by atoms with Gasteiger partial charge in [-0.2, -0.15) is 13.2 Å². The predicted octanol–water partition coefficient (Wildman–Crippen LogP) is 4.67. The van der Waals surface area contributed by atoms with Gasteiger partial charge >= 0.3 is 6.18 Å². The Hall–Kier alpha value is -4.34. The number of nitrogens with one attached hydrogen (secondary N) is 2. The number of ether oxygens (including phenoxy) is 1. The van der Waals surface area contributed by atoms with Crippen molar-refractivity contribution in [2.75, 3.05) is 5.32 Å². The van der Waals surface area contributed by atoms with E-state index in [2.05, 4.69) is 10.6 Å². The standard InChI is InChI=1S/C29H29F3N3O4/c1-19(27(33)37)10-15-26(36)35-25(28(38)34-23-9-5-8-22(17-23)29(30,31)32)16-20-11-13-24(14-12-20)39-18-21-6-3-2-4-7-21/h2-9,11-15,17,19,25H,10,16,18H2,1H3,(H2,33,37)(H,34,38)(H,35,36). The summed E-state index contributed by atoms with van der Waals surface area (Å²) in [5, 5.41) is 5.02. The van der Waals surface area contributed by atoms with Crippen molar-refractivity contribution in [3.05, 3.63) is 102 Å². The number of halogens is 3. The fourth-order valence-electron chi connectivity index (χ4n) is 3.54.